The first-order chi connectivity index (χ1) is 40.7. The van der Waals surface area contributed by atoms with Gasteiger partial charge in [0.1, 0.15) is 11.4 Å². The largest absolute Gasteiger partial charge is 0.469 e. The molecule has 592 valence electrons. The monoisotopic (exact) mass is 1530 g/mol. The topological polar surface area (TPSA) is 310 Å². The maximum atomic E-state index is 11.2. The van der Waals surface area contributed by atoms with Crippen LogP contribution in [-0.2, 0) is 124 Å². The van der Waals surface area contributed by atoms with Crippen molar-refractivity contribution in [2.75, 3.05) is 81.7 Å². The second-order valence-corrected chi connectivity index (χ2v) is 47.8. The second kappa shape index (κ2) is 50.6. The van der Waals surface area contributed by atoms with Crippen LogP contribution in [0.1, 0.15) is 263 Å². The molecule has 0 aromatic rings. The minimum Gasteiger partial charge on any atom is -0.469 e. The van der Waals surface area contributed by atoms with Crippen molar-refractivity contribution in [2.24, 2.45) is 16.2 Å². The summed E-state index contributed by atoms with van der Waals surface area (Å²) in [5, 5.41) is 0. The van der Waals surface area contributed by atoms with Crippen molar-refractivity contribution in [3.63, 3.8) is 0 Å². The molecule has 0 saturated heterocycles. The summed E-state index contributed by atoms with van der Waals surface area (Å²) in [6.45, 7) is 69.4. The Hall–Kier alpha value is -1.71. The first-order valence-corrected chi connectivity index (χ1v) is 40.9. The van der Waals surface area contributed by atoms with E-state index in [0.29, 0.717) is 0 Å². The molecule has 0 aliphatic heterocycles. The van der Waals surface area contributed by atoms with E-state index in [-0.39, 0.29) is 70.9 Å². The fourth-order valence-corrected chi connectivity index (χ4v) is 6.97. The number of carbonyl (C=O) groups is 4. The Morgan fingerprint density at radius 1 is 0.427 bits per heavy atom. The third-order valence-electron chi connectivity index (χ3n) is 9.18. The van der Waals surface area contributed by atoms with Crippen LogP contribution in [0.15, 0.2) is 0 Å². The third-order valence-corrected chi connectivity index (χ3v) is 19.6. The van der Waals surface area contributed by atoms with E-state index in [1.165, 1.54) is 40.8 Å². The van der Waals surface area contributed by atoms with Crippen molar-refractivity contribution in [1.82, 2.24) is 9.21 Å². The maximum absolute atomic E-state index is 11.2. The predicted molar refractivity (Wildman–Crippen MR) is 409 cm³/mol. The lowest BCUT2D eigenvalue weighted by Crippen LogP contribution is -2.33. The summed E-state index contributed by atoms with van der Waals surface area (Å²) in [7, 11) is 1.91. The second-order valence-electron chi connectivity index (χ2n) is 33.4. The zero-order valence-electron chi connectivity index (χ0n) is 70.3. The fourth-order valence-electron chi connectivity index (χ4n) is 3.26. The van der Waals surface area contributed by atoms with Crippen molar-refractivity contribution in [2.45, 2.75) is 309 Å². The number of ether oxygens (including phenoxy) is 3. The predicted octanol–water partition coefficient (Wildman–Crippen LogP) is 13.4. The Kier molecular flexibility index (Phi) is 63.9. The van der Waals surface area contributed by atoms with Crippen molar-refractivity contribution in [3.8, 4) is 0 Å². The molecule has 0 saturated carbocycles. The number of Topliss-reactive ketones (excluding diaryl/α,β-unsaturated/α-hetero) is 1. The van der Waals surface area contributed by atoms with Gasteiger partial charge in [0.2, 0.25) is 5.91 Å². The average Bonchev–Trinajstić information content (AvgIpc) is 3.26. The summed E-state index contributed by atoms with van der Waals surface area (Å²) in [4.78, 5) is 44.0. The highest BCUT2D eigenvalue weighted by Gasteiger charge is 2.29. The Labute approximate surface area is 602 Å². The quantitative estimate of drug-likeness (QED) is 0.182. The summed E-state index contributed by atoms with van der Waals surface area (Å²) in [6.07, 6.45) is 5.52. The fraction of sp³-hybridized carbons (Fsp3) is 0.939. The Bertz CT molecular complexity index is 2450. The van der Waals surface area contributed by atoms with Gasteiger partial charge >= 0.3 is 11.9 Å². The molecule has 1 amide bonds. The molecule has 23 nitrogen and oxygen atoms in total. The highest BCUT2D eigenvalue weighted by molar-refractivity contribution is 7.92. The van der Waals surface area contributed by atoms with Crippen molar-refractivity contribution in [1.29, 1.82) is 0 Å². The van der Waals surface area contributed by atoms with E-state index in [4.69, 9.17) is 13.7 Å². The molecule has 0 rings (SSSR count). The summed E-state index contributed by atoms with van der Waals surface area (Å²) in [5.41, 5.74) is -1.89. The SMILES string of the molecule is CC(=O)C(C)(C)C.CC(=O)OC(C)(C)C.CC(C)(C)OS(C)(=O)=O.CC(C)(C)S(C)(=O)=O.CN(C)C(=O)C(C)(C)C.CN(C)S(=O)C(C)(C)C.COC(=O)C(C)(C)C.COC(C)(C)C.COS(=O)(=O)C(C)(C)C.COS(=O)C(C)(C)C.CS(=O)C(C)(C)C.CS(=O)OC(C)(C)C. The van der Waals surface area contributed by atoms with Crippen LogP contribution >= 0.6 is 0 Å². The van der Waals surface area contributed by atoms with E-state index in [0.717, 1.165) is 6.26 Å². The van der Waals surface area contributed by atoms with Crippen LogP contribution in [0, 0.1) is 16.2 Å². The summed E-state index contributed by atoms with van der Waals surface area (Å²) in [5.74, 6) is 0.0185. The standard InChI is InChI=1S/C7H15NO.C6H15NOS.2C6H12O2.C6H12O.2C5H12O3S.3C5H12O2S.C5H12OS.C5H12O/c1-7(2,3)6(9)8(4)5;1-6(2,3)9(8)7(4)5;1-6(2,3)5(7)8-4;1-5(7)8-6(2,3)4;1-5(7)6(2,3)4;1-5(2,3)8-9(4,6)7;1-5(2,3)9(6,7)8-4;1-5(2,3)8(4,6)7;1-5(2,3)7-8(4)6;1-5(2,3)8(6)7-4;1-5(2,3)7(4)6;1-5(2,3)6-4/h2*1-5H3;2*1-4H3;1-4H3;2*1-4H3;3*1-4H3;1-4H3;1-4H3. The highest BCUT2D eigenvalue weighted by atomic mass is 32.2. The van der Waals surface area contributed by atoms with Crippen molar-refractivity contribution >= 4 is 97.6 Å². The van der Waals surface area contributed by atoms with Gasteiger partial charge in [0.25, 0.3) is 20.2 Å². The van der Waals surface area contributed by atoms with E-state index >= 15 is 0 Å². The lowest BCUT2D eigenvalue weighted by atomic mass is 9.92. The van der Waals surface area contributed by atoms with Crippen molar-refractivity contribution < 1.29 is 92.2 Å². The van der Waals surface area contributed by atoms with Crippen LogP contribution in [-0.4, -0.2) is 203 Å². The summed E-state index contributed by atoms with van der Waals surface area (Å²) >= 11 is -2.28. The van der Waals surface area contributed by atoms with Gasteiger partial charge in [0, 0.05) is 73.3 Å². The molecule has 96 heavy (non-hydrogen) atoms. The Morgan fingerprint density at radius 2 is 0.719 bits per heavy atom. The molecule has 0 fully saturated rings. The van der Waals surface area contributed by atoms with Crippen LogP contribution in [0.3, 0.4) is 0 Å². The average molecular weight is 1530 g/mol. The molecule has 0 N–H and O–H groups in total. The molecule has 30 heteroatoms. The molecular formula is C66H150N2O21S7. The van der Waals surface area contributed by atoms with Gasteiger partial charge in [-0.25, -0.2) is 25.3 Å². The smallest absolute Gasteiger partial charge is 0.310 e. The number of ketones is 1. The third kappa shape index (κ3) is 103. The Morgan fingerprint density at radius 3 is 0.719 bits per heavy atom. The van der Waals surface area contributed by atoms with Gasteiger partial charge < -0.3 is 19.1 Å². The molecule has 0 aliphatic rings. The van der Waals surface area contributed by atoms with Gasteiger partial charge in [-0.1, -0.05) is 41.5 Å². The van der Waals surface area contributed by atoms with Gasteiger partial charge in [0.05, 0.1) is 79.8 Å². The number of methoxy groups -OCH3 is 2. The van der Waals surface area contributed by atoms with Gasteiger partial charge in [-0.15, -0.1) is 0 Å². The van der Waals surface area contributed by atoms with Crippen LogP contribution in [0.4, 0.5) is 0 Å². The minimum atomic E-state index is -3.34. The molecule has 0 aromatic carbocycles. The van der Waals surface area contributed by atoms with E-state index in [2.05, 4.69) is 17.3 Å². The molecular weight excluding hydrogens is 1380 g/mol. The molecule has 4 unspecified atom stereocenters. The normalized spacial score (nSPS) is 13.6. The Balaban J connectivity index is -0.0000000803. The molecule has 0 bridgehead atoms. The maximum Gasteiger partial charge on any atom is 0.310 e. The van der Waals surface area contributed by atoms with E-state index in [1.54, 1.807) is 106 Å². The van der Waals surface area contributed by atoms with Crippen LogP contribution in [0.2, 0.25) is 0 Å². The summed E-state index contributed by atoms with van der Waals surface area (Å²) in [6, 6.07) is 0. The number of hydrogen-bond acceptors (Lipinski definition) is 21. The zero-order chi connectivity index (χ0) is 82.2. The first kappa shape index (κ1) is 121. The number of rotatable bonds is 5. The number of hydrogen-bond donors (Lipinski definition) is 0. The van der Waals surface area contributed by atoms with Gasteiger partial charge in [-0.05, 0) is 229 Å². The number of sulfone groups is 1. The van der Waals surface area contributed by atoms with E-state index in [9.17, 15) is 61.3 Å². The number of amides is 1. The number of esters is 2. The summed E-state index contributed by atoms with van der Waals surface area (Å²) < 4.78 is 139. The molecule has 0 aromatic heterocycles. The highest BCUT2D eigenvalue weighted by Crippen LogP contribution is 2.18. The van der Waals surface area contributed by atoms with Crippen molar-refractivity contribution in [3.05, 3.63) is 0 Å². The van der Waals surface area contributed by atoms with Gasteiger partial charge in [-0.2, -0.15) is 16.8 Å². The van der Waals surface area contributed by atoms with Crippen LogP contribution in [0.5, 0.6) is 0 Å². The van der Waals surface area contributed by atoms with Crippen LogP contribution < -0.4 is 0 Å². The van der Waals surface area contributed by atoms with Gasteiger partial charge in [0.15, 0.2) is 32.0 Å². The van der Waals surface area contributed by atoms with E-state index in [1.807, 2.05) is 201 Å². The zero-order valence-corrected chi connectivity index (χ0v) is 76.0. The molecule has 4 atom stereocenters. The van der Waals surface area contributed by atoms with Crippen LogP contribution in [0.25, 0.3) is 0 Å². The van der Waals surface area contributed by atoms with E-state index < -0.39 is 89.1 Å². The van der Waals surface area contributed by atoms with Gasteiger partial charge in [-0.3, -0.25) is 40.1 Å². The lowest BCUT2D eigenvalue weighted by Gasteiger charge is -2.21. The molecule has 0 heterocycles. The number of nitrogens with zero attached hydrogens (tertiary/aromatic N) is 2. The lowest BCUT2D eigenvalue weighted by molar-refractivity contribution is -0.152. The molecule has 0 radical (unpaired) electrons. The number of carbonyl (C=O) groups excluding carboxylic acids is 4. The minimum absolute atomic E-state index is 0.0278. The molecule has 0 aliphatic carbocycles. The molecule has 0 spiro atoms. The first-order valence-electron chi connectivity index (χ1n) is 30.6.